The number of pyridine rings is 4. The SMILES string of the molecule is FC(F)(F)c1cncc(-c2ccc3nccc(-c4ccncc4)c3n2)c1. The van der Waals surface area contributed by atoms with E-state index in [0.717, 1.165) is 23.4 Å². The second-order valence-corrected chi connectivity index (χ2v) is 5.62. The van der Waals surface area contributed by atoms with E-state index in [4.69, 9.17) is 0 Å². The molecule has 4 aromatic heterocycles. The molecule has 4 rings (SSSR count). The molecule has 0 aliphatic heterocycles. The number of rotatable bonds is 2. The van der Waals surface area contributed by atoms with Crippen molar-refractivity contribution < 1.29 is 13.2 Å². The lowest BCUT2D eigenvalue weighted by Crippen LogP contribution is -2.05. The summed E-state index contributed by atoms with van der Waals surface area (Å²) in [5, 5.41) is 0. The van der Waals surface area contributed by atoms with E-state index in [1.807, 2.05) is 18.2 Å². The summed E-state index contributed by atoms with van der Waals surface area (Å²) in [5.41, 5.74) is 2.89. The van der Waals surface area contributed by atoms with Crippen molar-refractivity contribution in [1.29, 1.82) is 0 Å². The van der Waals surface area contributed by atoms with Gasteiger partial charge in [0.25, 0.3) is 0 Å². The largest absolute Gasteiger partial charge is 0.417 e. The Morgan fingerprint density at radius 1 is 0.769 bits per heavy atom. The standard InChI is InChI=1S/C19H11F3N4/c20-19(21,22)14-9-13(10-24-11-14)16-1-2-17-18(26-16)15(5-8-25-17)12-3-6-23-7-4-12/h1-11H. The van der Waals surface area contributed by atoms with Gasteiger partial charge in [0.1, 0.15) is 0 Å². The Balaban J connectivity index is 1.89. The zero-order chi connectivity index (χ0) is 18.1. The Bertz CT molecular complexity index is 1080. The molecule has 7 heteroatoms. The van der Waals surface area contributed by atoms with Crippen LogP contribution in [-0.4, -0.2) is 19.9 Å². The summed E-state index contributed by atoms with van der Waals surface area (Å²) in [6.45, 7) is 0. The van der Waals surface area contributed by atoms with Gasteiger partial charge in [-0.25, -0.2) is 4.98 Å². The average Bonchev–Trinajstić information content (AvgIpc) is 2.67. The summed E-state index contributed by atoms with van der Waals surface area (Å²) >= 11 is 0. The van der Waals surface area contributed by atoms with Crippen LogP contribution in [0.25, 0.3) is 33.4 Å². The van der Waals surface area contributed by atoms with Crippen molar-refractivity contribution in [3.05, 3.63) is 72.9 Å². The van der Waals surface area contributed by atoms with Crippen LogP contribution in [-0.2, 0) is 6.18 Å². The molecule has 0 saturated carbocycles. The number of fused-ring (bicyclic) bond motifs is 1. The van der Waals surface area contributed by atoms with Crippen molar-refractivity contribution in [2.45, 2.75) is 6.18 Å². The molecule has 4 aromatic rings. The molecular formula is C19H11F3N4. The van der Waals surface area contributed by atoms with Gasteiger partial charge in [-0.1, -0.05) is 0 Å². The number of alkyl halides is 3. The molecule has 128 valence electrons. The first-order valence-electron chi connectivity index (χ1n) is 7.71. The average molecular weight is 352 g/mol. The molecule has 0 fully saturated rings. The van der Waals surface area contributed by atoms with E-state index >= 15 is 0 Å². The van der Waals surface area contributed by atoms with Crippen LogP contribution < -0.4 is 0 Å². The predicted molar refractivity (Wildman–Crippen MR) is 91.0 cm³/mol. The van der Waals surface area contributed by atoms with Crippen LogP contribution in [0, 0.1) is 0 Å². The Morgan fingerprint density at radius 2 is 1.58 bits per heavy atom. The normalized spacial score (nSPS) is 11.7. The van der Waals surface area contributed by atoms with E-state index in [-0.39, 0.29) is 0 Å². The Hall–Kier alpha value is -3.35. The fourth-order valence-electron chi connectivity index (χ4n) is 2.69. The van der Waals surface area contributed by atoms with Gasteiger partial charge in [-0.15, -0.1) is 0 Å². The number of halogens is 3. The highest BCUT2D eigenvalue weighted by Gasteiger charge is 2.31. The fourth-order valence-corrected chi connectivity index (χ4v) is 2.69. The van der Waals surface area contributed by atoms with Crippen LogP contribution in [0.5, 0.6) is 0 Å². The van der Waals surface area contributed by atoms with Crippen LogP contribution in [0.15, 0.2) is 67.4 Å². The second kappa shape index (κ2) is 6.18. The molecule has 0 radical (unpaired) electrons. The first-order chi connectivity index (χ1) is 12.5. The van der Waals surface area contributed by atoms with Gasteiger partial charge in [-0.3, -0.25) is 15.0 Å². The lowest BCUT2D eigenvalue weighted by molar-refractivity contribution is -0.137. The van der Waals surface area contributed by atoms with Crippen LogP contribution in [0.2, 0.25) is 0 Å². The molecular weight excluding hydrogens is 341 g/mol. The van der Waals surface area contributed by atoms with Gasteiger partial charge in [0, 0.05) is 42.1 Å². The highest BCUT2D eigenvalue weighted by molar-refractivity contribution is 5.92. The van der Waals surface area contributed by atoms with Gasteiger partial charge in [0.05, 0.1) is 22.3 Å². The molecule has 26 heavy (non-hydrogen) atoms. The molecule has 0 bridgehead atoms. The maximum absolute atomic E-state index is 12.9. The third-order valence-electron chi connectivity index (χ3n) is 3.94. The molecule has 4 nitrogen and oxygen atoms in total. The number of hydrogen-bond donors (Lipinski definition) is 0. The number of nitrogens with zero attached hydrogens (tertiary/aromatic N) is 4. The Labute approximate surface area is 146 Å². The molecule has 0 N–H and O–H groups in total. The smallest absolute Gasteiger partial charge is 0.265 e. The zero-order valence-electron chi connectivity index (χ0n) is 13.3. The quantitative estimate of drug-likeness (QED) is 0.521. The van der Waals surface area contributed by atoms with Crippen LogP contribution in [0.3, 0.4) is 0 Å². The van der Waals surface area contributed by atoms with Crippen LogP contribution >= 0.6 is 0 Å². The van der Waals surface area contributed by atoms with Crippen LogP contribution in [0.1, 0.15) is 5.56 Å². The summed E-state index contributed by atoms with van der Waals surface area (Å²) in [4.78, 5) is 16.5. The van der Waals surface area contributed by atoms with Crippen molar-refractivity contribution in [2.24, 2.45) is 0 Å². The van der Waals surface area contributed by atoms with Gasteiger partial charge < -0.3 is 0 Å². The van der Waals surface area contributed by atoms with Gasteiger partial charge >= 0.3 is 6.18 Å². The minimum atomic E-state index is -4.45. The molecule has 0 unspecified atom stereocenters. The summed E-state index contributed by atoms with van der Waals surface area (Å²) in [5.74, 6) is 0. The third kappa shape index (κ3) is 2.99. The topological polar surface area (TPSA) is 51.6 Å². The van der Waals surface area contributed by atoms with E-state index < -0.39 is 11.7 Å². The van der Waals surface area contributed by atoms with E-state index in [1.54, 1.807) is 30.7 Å². The molecule has 0 atom stereocenters. The van der Waals surface area contributed by atoms with E-state index in [2.05, 4.69) is 19.9 Å². The number of aromatic nitrogens is 4. The Kier molecular flexibility index (Phi) is 3.84. The second-order valence-electron chi connectivity index (χ2n) is 5.62. The van der Waals surface area contributed by atoms with Crippen molar-refractivity contribution in [2.75, 3.05) is 0 Å². The Morgan fingerprint density at radius 3 is 2.35 bits per heavy atom. The van der Waals surface area contributed by atoms with Crippen molar-refractivity contribution in [3.63, 3.8) is 0 Å². The van der Waals surface area contributed by atoms with Crippen molar-refractivity contribution in [1.82, 2.24) is 19.9 Å². The molecule has 0 amide bonds. The molecule has 4 heterocycles. The highest BCUT2D eigenvalue weighted by Crippen LogP contribution is 2.32. The molecule has 0 aromatic carbocycles. The zero-order valence-corrected chi connectivity index (χ0v) is 13.3. The monoisotopic (exact) mass is 352 g/mol. The molecule has 0 aliphatic carbocycles. The summed E-state index contributed by atoms with van der Waals surface area (Å²) < 4.78 is 38.8. The van der Waals surface area contributed by atoms with E-state index in [1.165, 1.54) is 6.20 Å². The number of hydrogen-bond acceptors (Lipinski definition) is 4. The molecule has 0 spiro atoms. The van der Waals surface area contributed by atoms with Crippen molar-refractivity contribution in [3.8, 4) is 22.4 Å². The summed E-state index contributed by atoms with van der Waals surface area (Å²) in [6, 6.07) is 9.93. The summed E-state index contributed by atoms with van der Waals surface area (Å²) in [7, 11) is 0. The summed E-state index contributed by atoms with van der Waals surface area (Å²) in [6.07, 6.45) is 2.72. The molecule has 0 saturated heterocycles. The van der Waals surface area contributed by atoms with Gasteiger partial charge in [0.15, 0.2) is 0 Å². The minimum Gasteiger partial charge on any atom is -0.265 e. The van der Waals surface area contributed by atoms with Gasteiger partial charge in [-0.05, 0) is 42.0 Å². The predicted octanol–water partition coefficient (Wildman–Crippen LogP) is 4.77. The fraction of sp³-hybridized carbons (Fsp3) is 0.0526. The van der Waals surface area contributed by atoms with E-state index in [0.29, 0.717) is 22.3 Å². The molecule has 0 aliphatic rings. The minimum absolute atomic E-state index is 0.297. The van der Waals surface area contributed by atoms with E-state index in [9.17, 15) is 13.2 Å². The highest BCUT2D eigenvalue weighted by atomic mass is 19.4. The third-order valence-corrected chi connectivity index (χ3v) is 3.94. The first kappa shape index (κ1) is 16.1. The maximum atomic E-state index is 12.9. The van der Waals surface area contributed by atoms with Gasteiger partial charge in [0.2, 0.25) is 0 Å². The lowest BCUT2D eigenvalue weighted by atomic mass is 10.0. The lowest BCUT2D eigenvalue weighted by Gasteiger charge is -2.10. The van der Waals surface area contributed by atoms with Crippen molar-refractivity contribution >= 4 is 11.0 Å². The van der Waals surface area contributed by atoms with Gasteiger partial charge in [-0.2, -0.15) is 13.2 Å². The van der Waals surface area contributed by atoms with Crippen LogP contribution in [0.4, 0.5) is 13.2 Å². The first-order valence-corrected chi connectivity index (χ1v) is 7.71. The maximum Gasteiger partial charge on any atom is 0.417 e.